The van der Waals surface area contributed by atoms with Gasteiger partial charge in [0.2, 0.25) is 0 Å². The van der Waals surface area contributed by atoms with Gasteiger partial charge in [-0.15, -0.1) is 11.3 Å². The number of carbonyl (C=O) groups excluding carboxylic acids is 1. The van der Waals surface area contributed by atoms with Crippen molar-refractivity contribution in [3.63, 3.8) is 0 Å². The molecule has 1 N–H and O–H groups in total. The van der Waals surface area contributed by atoms with Crippen LogP contribution in [0, 0.1) is 19.8 Å². The predicted molar refractivity (Wildman–Crippen MR) is 92.7 cm³/mol. The second-order valence-electron chi connectivity index (χ2n) is 6.48. The van der Waals surface area contributed by atoms with Crippen LogP contribution in [0.5, 0.6) is 0 Å². The van der Waals surface area contributed by atoms with Crippen LogP contribution in [0.15, 0.2) is 17.8 Å². The lowest BCUT2D eigenvalue weighted by atomic mass is 10.1. The molecule has 0 aromatic carbocycles. The second kappa shape index (κ2) is 6.84. The molecule has 1 aliphatic heterocycles. The van der Waals surface area contributed by atoms with Crippen molar-refractivity contribution in [2.24, 2.45) is 5.92 Å². The minimum atomic E-state index is 0.159. The van der Waals surface area contributed by atoms with Crippen LogP contribution < -0.4 is 0 Å². The highest BCUT2D eigenvalue weighted by atomic mass is 32.1. The molecule has 124 valence electrons. The Kier molecular flexibility index (Phi) is 4.82. The topological polar surface area (TPSA) is 52.2 Å². The van der Waals surface area contributed by atoms with E-state index in [1.54, 1.807) is 11.3 Å². The highest BCUT2D eigenvalue weighted by molar-refractivity contribution is 7.09. The van der Waals surface area contributed by atoms with E-state index < -0.39 is 0 Å². The number of likely N-dealkylation sites (tertiary alicyclic amines) is 1. The quantitative estimate of drug-likeness (QED) is 0.916. The zero-order valence-corrected chi connectivity index (χ0v) is 14.8. The maximum Gasteiger partial charge on any atom is 0.255 e. The molecule has 1 saturated heterocycles. The van der Waals surface area contributed by atoms with Gasteiger partial charge in [-0.25, -0.2) is 4.98 Å². The van der Waals surface area contributed by atoms with Crippen LogP contribution in [0.25, 0.3) is 0 Å². The first kappa shape index (κ1) is 16.2. The Morgan fingerprint density at radius 2 is 2.35 bits per heavy atom. The van der Waals surface area contributed by atoms with E-state index in [1.165, 1.54) is 4.88 Å². The van der Waals surface area contributed by atoms with Crippen molar-refractivity contribution in [2.75, 3.05) is 26.7 Å². The summed E-state index contributed by atoms with van der Waals surface area (Å²) in [5, 5.41) is 0. The highest BCUT2D eigenvalue weighted by Gasteiger charge is 2.28. The maximum atomic E-state index is 12.5. The van der Waals surface area contributed by atoms with Gasteiger partial charge in [-0.3, -0.25) is 4.79 Å². The lowest BCUT2D eigenvalue weighted by molar-refractivity contribution is 0.0783. The fourth-order valence-corrected chi connectivity index (χ4v) is 4.11. The van der Waals surface area contributed by atoms with Gasteiger partial charge in [-0.2, -0.15) is 0 Å². The first-order valence-corrected chi connectivity index (χ1v) is 8.93. The molecular formula is C17H24N4OS. The molecule has 0 unspecified atom stereocenters. The van der Waals surface area contributed by atoms with E-state index in [0.29, 0.717) is 5.92 Å². The van der Waals surface area contributed by atoms with Gasteiger partial charge in [0.25, 0.3) is 5.91 Å². The van der Waals surface area contributed by atoms with Crippen LogP contribution >= 0.6 is 11.3 Å². The molecule has 2 aromatic rings. The first-order valence-electron chi connectivity index (χ1n) is 8.05. The molecule has 6 heteroatoms. The second-order valence-corrected chi connectivity index (χ2v) is 7.42. The van der Waals surface area contributed by atoms with Crippen molar-refractivity contribution < 1.29 is 4.79 Å². The van der Waals surface area contributed by atoms with Gasteiger partial charge in [0.1, 0.15) is 0 Å². The Balaban J connectivity index is 1.53. The molecule has 3 rings (SSSR count). The zero-order valence-electron chi connectivity index (χ0n) is 14.0. The summed E-state index contributed by atoms with van der Waals surface area (Å²) in [7, 11) is 2.15. The summed E-state index contributed by atoms with van der Waals surface area (Å²) in [5.74, 6) is 0.712. The number of nitrogens with zero attached hydrogens (tertiary/aromatic N) is 3. The van der Waals surface area contributed by atoms with Crippen LogP contribution in [0.2, 0.25) is 0 Å². The number of rotatable bonds is 5. The third kappa shape index (κ3) is 3.64. The zero-order chi connectivity index (χ0) is 16.4. The van der Waals surface area contributed by atoms with Crippen LogP contribution in [0.3, 0.4) is 0 Å². The largest absolute Gasteiger partial charge is 0.365 e. The van der Waals surface area contributed by atoms with E-state index in [4.69, 9.17) is 0 Å². The van der Waals surface area contributed by atoms with Gasteiger partial charge in [0.15, 0.2) is 0 Å². The Hall–Kier alpha value is -1.66. The van der Waals surface area contributed by atoms with Crippen LogP contribution in [0.4, 0.5) is 0 Å². The minimum absolute atomic E-state index is 0.159. The number of aryl methyl sites for hydroxylation is 2. The molecule has 5 nitrogen and oxygen atoms in total. The Bertz CT molecular complexity index is 678. The lowest BCUT2D eigenvalue weighted by Crippen LogP contribution is -2.31. The minimum Gasteiger partial charge on any atom is -0.365 e. The summed E-state index contributed by atoms with van der Waals surface area (Å²) in [6.45, 7) is 7.70. The highest BCUT2D eigenvalue weighted by Crippen LogP contribution is 2.22. The molecule has 1 atom stereocenters. The van der Waals surface area contributed by atoms with Crippen LogP contribution in [-0.4, -0.2) is 52.4 Å². The monoisotopic (exact) mass is 332 g/mol. The molecule has 1 fully saturated rings. The van der Waals surface area contributed by atoms with Gasteiger partial charge in [-0.1, -0.05) is 0 Å². The third-order valence-electron chi connectivity index (χ3n) is 4.59. The van der Waals surface area contributed by atoms with Gasteiger partial charge >= 0.3 is 0 Å². The molecule has 0 spiro atoms. The smallest absolute Gasteiger partial charge is 0.255 e. The molecule has 0 saturated carbocycles. The first-order chi connectivity index (χ1) is 11.0. The summed E-state index contributed by atoms with van der Waals surface area (Å²) in [6.07, 6.45) is 2.92. The van der Waals surface area contributed by atoms with E-state index in [-0.39, 0.29) is 5.91 Å². The number of aromatic nitrogens is 2. The molecule has 2 aromatic heterocycles. The molecule has 1 aliphatic rings. The van der Waals surface area contributed by atoms with E-state index in [1.807, 2.05) is 29.6 Å². The van der Waals surface area contributed by atoms with Gasteiger partial charge in [0.05, 0.1) is 16.8 Å². The third-order valence-corrected chi connectivity index (χ3v) is 5.51. The number of thiazole rings is 1. The number of nitrogens with one attached hydrogen (secondary N) is 1. The van der Waals surface area contributed by atoms with Crippen molar-refractivity contribution in [3.05, 3.63) is 39.6 Å². The lowest BCUT2D eigenvalue weighted by Gasteiger charge is -2.21. The number of H-pyrrole nitrogens is 1. The van der Waals surface area contributed by atoms with Gasteiger partial charge in [0, 0.05) is 42.9 Å². The van der Waals surface area contributed by atoms with E-state index in [2.05, 4.69) is 28.8 Å². The summed E-state index contributed by atoms with van der Waals surface area (Å²) < 4.78 is 0. The summed E-state index contributed by atoms with van der Waals surface area (Å²) in [6, 6.07) is 1.88. The SMILES string of the molecule is Cc1ncsc1CN(C)C[C@H]1CCN(C(=O)c2cc[nH]c2C)C1. The standard InChI is InChI=1S/C17H24N4OS/c1-12-15(4-6-18-12)17(22)21-7-5-14(9-21)8-20(3)10-16-13(2)19-11-23-16/h4,6,11,14,18H,5,7-10H2,1-3H3/t14-/m1/s1. The molecule has 0 radical (unpaired) electrons. The number of aromatic amines is 1. The number of carbonyl (C=O) groups is 1. The molecular weight excluding hydrogens is 308 g/mol. The fraction of sp³-hybridized carbons (Fsp3) is 0.529. The normalized spacial score (nSPS) is 18.1. The Morgan fingerprint density at radius 3 is 3.00 bits per heavy atom. The molecule has 23 heavy (non-hydrogen) atoms. The average molecular weight is 332 g/mol. The van der Waals surface area contributed by atoms with Crippen molar-refractivity contribution in [1.29, 1.82) is 0 Å². The summed E-state index contributed by atoms with van der Waals surface area (Å²) in [4.78, 5) is 25.6. The van der Waals surface area contributed by atoms with Crippen LogP contribution in [-0.2, 0) is 6.54 Å². The fourth-order valence-electron chi connectivity index (χ4n) is 3.25. The van der Waals surface area contributed by atoms with E-state index in [9.17, 15) is 4.79 Å². The van der Waals surface area contributed by atoms with E-state index >= 15 is 0 Å². The van der Waals surface area contributed by atoms with Crippen molar-refractivity contribution in [2.45, 2.75) is 26.8 Å². The van der Waals surface area contributed by atoms with E-state index in [0.717, 1.165) is 49.6 Å². The Labute approximate surface area is 141 Å². The summed E-state index contributed by atoms with van der Waals surface area (Å²) >= 11 is 1.72. The number of hydrogen-bond acceptors (Lipinski definition) is 4. The number of hydrogen-bond donors (Lipinski definition) is 1. The Morgan fingerprint density at radius 1 is 1.52 bits per heavy atom. The van der Waals surface area contributed by atoms with Gasteiger partial charge in [-0.05, 0) is 39.3 Å². The molecule has 3 heterocycles. The molecule has 0 bridgehead atoms. The van der Waals surface area contributed by atoms with Gasteiger partial charge < -0.3 is 14.8 Å². The molecule has 0 aliphatic carbocycles. The van der Waals surface area contributed by atoms with Crippen molar-refractivity contribution in [1.82, 2.24) is 19.8 Å². The summed E-state index contributed by atoms with van der Waals surface area (Å²) in [5.41, 5.74) is 4.80. The number of amides is 1. The average Bonchev–Trinajstić information content (AvgIpc) is 3.22. The maximum absolute atomic E-state index is 12.5. The van der Waals surface area contributed by atoms with Crippen molar-refractivity contribution in [3.8, 4) is 0 Å². The predicted octanol–water partition coefficient (Wildman–Crippen LogP) is 2.68. The van der Waals surface area contributed by atoms with Crippen molar-refractivity contribution >= 4 is 17.2 Å². The molecule has 1 amide bonds. The van der Waals surface area contributed by atoms with Crippen LogP contribution in [0.1, 0.15) is 33.0 Å².